The van der Waals surface area contributed by atoms with E-state index in [4.69, 9.17) is 0 Å². The number of amides is 1. The number of carbonyl (C=O) groups excluding carboxylic acids is 1. The Balaban J connectivity index is 1.72. The third kappa shape index (κ3) is 5.00. The molecule has 7 heteroatoms. The lowest BCUT2D eigenvalue weighted by Gasteiger charge is -2.19. The second-order valence-corrected chi connectivity index (χ2v) is 9.20. The predicted octanol–water partition coefficient (Wildman–Crippen LogP) is 6.23. The summed E-state index contributed by atoms with van der Waals surface area (Å²) in [5, 5.41) is 11.7. The number of thiophene rings is 2. The van der Waals surface area contributed by atoms with Crippen LogP contribution in [0.1, 0.15) is 50.7 Å². The number of nitrogens with zero attached hydrogens (tertiary/aromatic N) is 2. The Morgan fingerprint density at radius 2 is 1.81 bits per heavy atom. The molecule has 0 saturated carbocycles. The van der Waals surface area contributed by atoms with Crippen molar-refractivity contribution in [2.75, 3.05) is 10.6 Å². The standard InChI is InChI=1S/C24H24N4OS2/c1-4-19-13-20(23(31-19)28-22(29)17-8-6-5-7-9-17)21(18-10-11-30-14-18)27-24-25-15(2)12-16(3)26-24/h5-14,21H,4H2,1-3H3,(H,28,29)(H,25,26,27). The molecule has 1 aromatic carbocycles. The van der Waals surface area contributed by atoms with Crippen molar-refractivity contribution in [3.8, 4) is 0 Å². The number of aromatic nitrogens is 2. The number of carbonyl (C=O) groups is 1. The van der Waals surface area contributed by atoms with Crippen LogP contribution in [0.2, 0.25) is 0 Å². The van der Waals surface area contributed by atoms with Gasteiger partial charge in [0.05, 0.1) is 6.04 Å². The van der Waals surface area contributed by atoms with Crippen LogP contribution in [-0.2, 0) is 6.42 Å². The van der Waals surface area contributed by atoms with Gasteiger partial charge in [0.1, 0.15) is 5.00 Å². The lowest BCUT2D eigenvalue weighted by Crippen LogP contribution is -2.17. The minimum Gasteiger partial charge on any atom is -0.343 e. The van der Waals surface area contributed by atoms with Gasteiger partial charge >= 0.3 is 0 Å². The summed E-state index contributed by atoms with van der Waals surface area (Å²) in [5.41, 5.74) is 4.60. The van der Waals surface area contributed by atoms with Crippen molar-refractivity contribution in [3.05, 3.63) is 92.2 Å². The van der Waals surface area contributed by atoms with E-state index in [0.29, 0.717) is 11.5 Å². The van der Waals surface area contributed by atoms with Gasteiger partial charge in [-0.3, -0.25) is 4.79 Å². The van der Waals surface area contributed by atoms with Crippen LogP contribution in [0.4, 0.5) is 10.9 Å². The van der Waals surface area contributed by atoms with Gasteiger partial charge in [0.2, 0.25) is 5.95 Å². The van der Waals surface area contributed by atoms with E-state index in [-0.39, 0.29) is 11.9 Å². The molecule has 4 rings (SSSR count). The summed E-state index contributed by atoms with van der Waals surface area (Å²) in [6, 6.07) is 15.3. The van der Waals surface area contributed by atoms with Crippen LogP contribution in [0.25, 0.3) is 0 Å². The van der Waals surface area contributed by atoms with Crippen LogP contribution in [0, 0.1) is 13.8 Å². The predicted molar refractivity (Wildman–Crippen MR) is 129 cm³/mol. The van der Waals surface area contributed by atoms with Gasteiger partial charge in [-0.15, -0.1) is 11.3 Å². The summed E-state index contributed by atoms with van der Waals surface area (Å²) in [6.07, 6.45) is 0.898. The van der Waals surface area contributed by atoms with E-state index in [9.17, 15) is 4.79 Å². The fourth-order valence-electron chi connectivity index (χ4n) is 3.41. The maximum absolute atomic E-state index is 12.9. The molecule has 3 heterocycles. The van der Waals surface area contributed by atoms with Crippen molar-refractivity contribution in [3.63, 3.8) is 0 Å². The highest BCUT2D eigenvalue weighted by Gasteiger charge is 2.23. The number of rotatable bonds is 7. The lowest BCUT2D eigenvalue weighted by molar-refractivity contribution is 0.102. The first-order chi connectivity index (χ1) is 15.0. The fraction of sp³-hybridized carbons (Fsp3) is 0.208. The van der Waals surface area contributed by atoms with E-state index in [1.54, 1.807) is 22.7 Å². The van der Waals surface area contributed by atoms with Gasteiger partial charge in [0.25, 0.3) is 5.91 Å². The summed E-state index contributed by atoms with van der Waals surface area (Å²) in [6.45, 7) is 6.05. The van der Waals surface area contributed by atoms with E-state index in [2.05, 4.69) is 50.4 Å². The van der Waals surface area contributed by atoms with Crippen LogP contribution in [0.15, 0.2) is 59.3 Å². The molecule has 0 aliphatic heterocycles. The van der Waals surface area contributed by atoms with Gasteiger partial charge in [0, 0.05) is 27.4 Å². The second kappa shape index (κ2) is 9.41. The maximum atomic E-state index is 12.9. The van der Waals surface area contributed by atoms with E-state index in [0.717, 1.165) is 33.9 Å². The summed E-state index contributed by atoms with van der Waals surface area (Å²) < 4.78 is 0. The first-order valence-corrected chi connectivity index (χ1v) is 11.9. The van der Waals surface area contributed by atoms with Crippen LogP contribution in [0.5, 0.6) is 0 Å². The summed E-state index contributed by atoms with van der Waals surface area (Å²) in [5.74, 6) is 0.469. The van der Waals surface area contributed by atoms with E-state index >= 15 is 0 Å². The SMILES string of the molecule is CCc1cc(C(Nc2nc(C)cc(C)n2)c2ccsc2)c(NC(=O)c2ccccc2)s1. The smallest absolute Gasteiger partial charge is 0.256 e. The zero-order chi connectivity index (χ0) is 21.8. The molecule has 0 saturated heterocycles. The molecule has 2 N–H and O–H groups in total. The summed E-state index contributed by atoms with van der Waals surface area (Å²) in [4.78, 5) is 23.2. The van der Waals surface area contributed by atoms with Crippen molar-refractivity contribution in [2.24, 2.45) is 0 Å². The van der Waals surface area contributed by atoms with Gasteiger partial charge < -0.3 is 10.6 Å². The minimum absolute atomic E-state index is 0.113. The average Bonchev–Trinajstić information content (AvgIpc) is 3.42. The molecule has 3 aromatic heterocycles. The number of benzene rings is 1. The highest BCUT2D eigenvalue weighted by molar-refractivity contribution is 7.16. The molecule has 1 amide bonds. The molecule has 31 heavy (non-hydrogen) atoms. The van der Waals surface area contributed by atoms with Crippen LogP contribution in [-0.4, -0.2) is 15.9 Å². The van der Waals surface area contributed by atoms with Gasteiger partial charge in [-0.2, -0.15) is 11.3 Å². The molecular formula is C24H24N4OS2. The van der Waals surface area contributed by atoms with Crippen molar-refractivity contribution in [1.82, 2.24) is 9.97 Å². The number of nitrogens with one attached hydrogen (secondary N) is 2. The third-order valence-electron chi connectivity index (χ3n) is 4.87. The molecule has 1 unspecified atom stereocenters. The monoisotopic (exact) mass is 448 g/mol. The average molecular weight is 449 g/mol. The molecule has 158 valence electrons. The zero-order valence-electron chi connectivity index (χ0n) is 17.7. The van der Waals surface area contributed by atoms with Gasteiger partial charge in [-0.1, -0.05) is 25.1 Å². The fourth-order valence-corrected chi connectivity index (χ4v) is 5.13. The van der Waals surface area contributed by atoms with Crippen LogP contribution in [0.3, 0.4) is 0 Å². The van der Waals surface area contributed by atoms with Crippen molar-refractivity contribution < 1.29 is 4.79 Å². The summed E-state index contributed by atoms with van der Waals surface area (Å²) >= 11 is 3.26. The van der Waals surface area contributed by atoms with E-state index in [1.165, 1.54) is 4.88 Å². The Morgan fingerprint density at radius 1 is 1.06 bits per heavy atom. The van der Waals surface area contributed by atoms with Crippen molar-refractivity contribution in [1.29, 1.82) is 0 Å². The molecule has 0 spiro atoms. The molecule has 0 aliphatic carbocycles. The molecule has 4 aromatic rings. The Bertz CT molecular complexity index is 1150. The van der Waals surface area contributed by atoms with E-state index in [1.807, 2.05) is 50.2 Å². The highest BCUT2D eigenvalue weighted by Crippen LogP contribution is 2.38. The molecular weight excluding hydrogens is 424 g/mol. The molecule has 0 aliphatic rings. The van der Waals surface area contributed by atoms with Gasteiger partial charge in [-0.05, 0) is 66.9 Å². The first kappa shape index (κ1) is 21.2. The Kier molecular flexibility index (Phi) is 6.44. The Labute approximate surface area is 190 Å². The third-order valence-corrected chi connectivity index (χ3v) is 6.78. The molecule has 0 radical (unpaired) electrons. The van der Waals surface area contributed by atoms with E-state index < -0.39 is 0 Å². The zero-order valence-corrected chi connectivity index (χ0v) is 19.3. The molecule has 0 fully saturated rings. The lowest BCUT2D eigenvalue weighted by atomic mass is 10.0. The van der Waals surface area contributed by atoms with Crippen molar-refractivity contribution >= 4 is 39.5 Å². The van der Waals surface area contributed by atoms with Gasteiger partial charge in [-0.25, -0.2) is 9.97 Å². The number of hydrogen-bond acceptors (Lipinski definition) is 6. The second-order valence-electron chi connectivity index (χ2n) is 7.28. The Morgan fingerprint density at radius 3 is 2.45 bits per heavy atom. The molecule has 5 nitrogen and oxygen atoms in total. The van der Waals surface area contributed by atoms with Crippen molar-refractivity contribution in [2.45, 2.75) is 33.2 Å². The molecule has 1 atom stereocenters. The van der Waals surface area contributed by atoms with Crippen LogP contribution >= 0.6 is 22.7 Å². The van der Waals surface area contributed by atoms with Gasteiger partial charge in [0.15, 0.2) is 0 Å². The number of hydrogen-bond donors (Lipinski definition) is 2. The highest BCUT2D eigenvalue weighted by atomic mass is 32.1. The number of aryl methyl sites for hydroxylation is 3. The van der Waals surface area contributed by atoms with Crippen LogP contribution < -0.4 is 10.6 Å². The Hall–Kier alpha value is -3.03. The largest absolute Gasteiger partial charge is 0.343 e. The molecule has 0 bridgehead atoms. The summed E-state index contributed by atoms with van der Waals surface area (Å²) in [7, 11) is 0. The topological polar surface area (TPSA) is 66.9 Å². The first-order valence-electron chi connectivity index (χ1n) is 10.1. The minimum atomic E-state index is -0.171. The maximum Gasteiger partial charge on any atom is 0.256 e. The quantitative estimate of drug-likeness (QED) is 0.351. The number of anilines is 2. The normalized spacial score (nSPS) is 11.8.